The van der Waals surface area contributed by atoms with Crippen LogP contribution in [0, 0.1) is 6.92 Å². The highest BCUT2D eigenvalue weighted by Gasteiger charge is 2.07. The summed E-state index contributed by atoms with van der Waals surface area (Å²) in [7, 11) is 0. The molecule has 1 aromatic heterocycles. The van der Waals surface area contributed by atoms with Gasteiger partial charge in [-0.05, 0) is 31.4 Å². The molecule has 3 heteroatoms. The van der Waals surface area contributed by atoms with E-state index < -0.39 is 0 Å². The first-order valence-electron chi connectivity index (χ1n) is 5.54. The Bertz CT molecular complexity index is 514. The van der Waals surface area contributed by atoms with Crippen LogP contribution in [0.1, 0.15) is 12.6 Å². The maximum atomic E-state index is 11.6. The van der Waals surface area contributed by atoms with E-state index in [2.05, 4.69) is 17.4 Å². The second-order valence-corrected chi connectivity index (χ2v) is 3.88. The molecule has 84 valence electrons. The molecule has 1 N–H and O–H groups in total. The number of para-hydroxylation sites is 1. The molecule has 1 heterocycles. The number of carbonyl (C=O) groups is 1. The monoisotopic (exact) mass is 216 g/mol. The summed E-state index contributed by atoms with van der Waals surface area (Å²) in [5.74, 6) is 0.0620. The SMILES string of the molecule is CCNC(=O)Cn1c(C)cc2ccccc21. The molecular weight excluding hydrogens is 200 g/mol. The third kappa shape index (κ3) is 1.94. The fraction of sp³-hybridized carbons (Fsp3) is 0.308. The number of aryl methyl sites for hydroxylation is 1. The van der Waals surface area contributed by atoms with Crippen LogP contribution in [-0.4, -0.2) is 17.0 Å². The Morgan fingerprint density at radius 1 is 1.38 bits per heavy atom. The first-order valence-corrected chi connectivity index (χ1v) is 5.54. The van der Waals surface area contributed by atoms with Crippen molar-refractivity contribution in [2.24, 2.45) is 0 Å². The van der Waals surface area contributed by atoms with Crippen molar-refractivity contribution in [1.82, 2.24) is 9.88 Å². The summed E-state index contributed by atoms with van der Waals surface area (Å²) < 4.78 is 2.04. The molecule has 2 aromatic rings. The average molecular weight is 216 g/mol. The number of rotatable bonds is 3. The summed E-state index contributed by atoms with van der Waals surface area (Å²) >= 11 is 0. The molecule has 0 unspecified atom stereocenters. The number of aromatic nitrogens is 1. The third-order valence-corrected chi connectivity index (χ3v) is 2.69. The Hall–Kier alpha value is -1.77. The summed E-state index contributed by atoms with van der Waals surface area (Å²) in [5.41, 5.74) is 2.23. The number of hydrogen-bond donors (Lipinski definition) is 1. The van der Waals surface area contributed by atoms with Crippen molar-refractivity contribution in [3.05, 3.63) is 36.0 Å². The molecule has 0 spiro atoms. The molecule has 0 radical (unpaired) electrons. The number of carbonyl (C=O) groups excluding carboxylic acids is 1. The van der Waals surface area contributed by atoms with Crippen LogP contribution < -0.4 is 5.32 Å². The van der Waals surface area contributed by atoms with Crippen LogP contribution in [0.3, 0.4) is 0 Å². The minimum atomic E-state index is 0.0620. The topological polar surface area (TPSA) is 34.0 Å². The van der Waals surface area contributed by atoms with E-state index in [1.165, 1.54) is 5.39 Å². The second-order valence-electron chi connectivity index (χ2n) is 3.88. The molecule has 16 heavy (non-hydrogen) atoms. The van der Waals surface area contributed by atoms with Crippen LogP contribution in [0.5, 0.6) is 0 Å². The standard InChI is InChI=1S/C13H16N2O/c1-3-14-13(16)9-15-10(2)8-11-6-4-5-7-12(11)15/h4-8H,3,9H2,1-2H3,(H,14,16). The van der Waals surface area contributed by atoms with E-state index in [1.807, 2.05) is 36.6 Å². The van der Waals surface area contributed by atoms with Crippen LogP contribution in [0.2, 0.25) is 0 Å². The number of nitrogens with zero attached hydrogens (tertiary/aromatic N) is 1. The molecule has 2 rings (SSSR count). The van der Waals surface area contributed by atoms with Crippen molar-refractivity contribution in [2.45, 2.75) is 20.4 Å². The third-order valence-electron chi connectivity index (χ3n) is 2.69. The van der Waals surface area contributed by atoms with Gasteiger partial charge in [0.15, 0.2) is 0 Å². The van der Waals surface area contributed by atoms with Gasteiger partial charge in [-0.1, -0.05) is 18.2 Å². The van der Waals surface area contributed by atoms with E-state index in [4.69, 9.17) is 0 Å². The maximum absolute atomic E-state index is 11.6. The summed E-state index contributed by atoms with van der Waals surface area (Å²) in [6.07, 6.45) is 0. The lowest BCUT2D eigenvalue weighted by Gasteiger charge is -2.07. The summed E-state index contributed by atoms with van der Waals surface area (Å²) in [4.78, 5) is 11.6. The van der Waals surface area contributed by atoms with Crippen molar-refractivity contribution in [3.63, 3.8) is 0 Å². The van der Waals surface area contributed by atoms with Crippen LogP contribution in [-0.2, 0) is 11.3 Å². The lowest BCUT2D eigenvalue weighted by Crippen LogP contribution is -2.27. The zero-order valence-corrected chi connectivity index (χ0v) is 9.66. The number of fused-ring (bicyclic) bond motifs is 1. The largest absolute Gasteiger partial charge is 0.355 e. The van der Waals surface area contributed by atoms with E-state index in [-0.39, 0.29) is 5.91 Å². The fourth-order valence-corrected chi connectivity index (χ4v) is 1.95. The molecule has 1 amide bonds. The van der Waals surface area contributed by atoms with Gasteiger partial charge in [-0.2, -0.15) is 0 Å². The Morgan fingerprint density at radius 2 is 2.12 bits per heavy atom. The van der Waals surface area contributed by atoms with Gasteiger partial charge in [-0.3, -0.25) is 4.79 Å². The van der Waals surface area contributed by atoms with Crippen LogP contribution in [0.4, 0.5) is 0 Å². The van der Waals surface area contributed by atoms with E-state index >= 15 is 0 Å². The lowest BCUT2D eigenvalue weighted by atomic mass is 10.2. The highest BCUT2D eigenvalue weighted by Crippen LogP contribution is 2.18. The molecule has 0 atom stereocenters. The van der Waals surface area contributed by atoms with Gasteiger partial charge in [0.05, 0.1) is 0 Å². The molecule has 3 nitrogen and oxygen atoms in total. The fourth-order valence-electron chi connectivity index (χ4n) is 1.95. The predicted octanol–water partition coefficient (Wildman–Crippen LogP) is 2.09. The number of amides is 1. The quantitative estimate of drug-likeness (QED) is 0.837. The molecule has 1 aromatic carbocycles. The zero-order valence-electron chi connectivity index (χ0n) is 9.66. The van der Waals surface area contributed by atoms with Gasteiger partial charge in [0.25, 0.3) is 0 Å². The first kappa shape index (κ1) is 10.7. The molecular formula is C13H16N2O. The molecule has 0 aliphatic heterocycles. The Balaban J connectivity index is 2.36. The van der Waals surface area contributed by atoms with E-state index in [9.17, 15) is 4.79 Å². The lowest BCUT2D eigenvalue weighted by molar-refractivity contribution is -0.121. The van der Waals surface area contributed by atoms with Crippen LogP contribution in [0.25, 0.3) is 10.9 Å². The molecule has 0 aliphatic carbocycles. The molecule has 0 saturated heterocycles. The van der Waals surface area contributed by atoms with Gasteiger partial charge in [0.1, 0.15) is 6.54 Å². The Kier molecular flexibility index (Phi) is 2.95. The highest BCUT2D eigenvalue weighted by atomic mass is 16.1. The van der Waals surface area contributed by atoms with Crippen LogP contribution >= 0.6 is 0 Å². The maximum Gasteiger partial charge on any atom is 0.239 e. The number of hydrogen-bond acceptors (Lipinski definition) is 1. The summed E-state index contributed by atoms with van der Waals surface area (Å²) in [5, 5.41) is 4.00. The number of likely N-dealkylation sites (N-methyl/N-ethyl adjacent to an activating group) is 1. The van der Waals surface area contributed by atoms with E-state index in [0.717, 1.165) is 11.2 Å². The Labute approximate surface area is 95.1 Å². The van der Waals surface area contributed by atoms with Crippen molar-refractivity contribution in [3.8, 4) is 0 Å². The normalized spacial score (nSPS) is 10.6. The second kappa shape index (κ2) is 4.39. The van der Waals surface area contributed by atoms with Gasteiger partial charge in [0.2, 0.25) is 5.91 Å². The van der Waals surface area contributed by atoms with Gasteiger partial charge in [-0.25, -0.2) is 0 Å². The van der Waals surface area contributed by atoms with Crippen LogP contribution in [0.15, 0.2) is 30.3 Å². The molecule has 0 aliphatic rings. The molecule has 0 fully saturated rings. The minimum Gasteiger partial charge on any atom is -0.355 e. The van der Waals surface area contributed by atoms with Gasteiger partial charge < -0.3 is 9.88 Å². The van der Waals surface area contributed by atoms with Gasteiger partial charge in [-0.15, -0.1) is 0 Å². The average Bonchev–Trinajstić information content (AvgIpc) is 2.56. The van der Waals surface area contributed by atoms with Crippen molar-refractivity contribution in [2.75, 3.05) is 6.54 Å². The van der Waals surface area contributed by atoms with Crippen molar-refractivity contribution >= 4 is 16.8 Å². The van der Waals surface area contributed by atoms with E-state index in [0.29, 0.717) is 13.1 Å². The predicted molar refractivity (Wildman–Crippen MR) is 65.4 cm³/mol. The smallest absolute Gasteiger partial charge is 0.239 e. The number of benzene rings is 1. The molecule has 0 saturated carbocycles. The highest BCUT2D eigenvalue weighted by molar-refractivity contribution is 5.84. The minimum absolute atomic E-state index is 0.0620. The summed E-state index contributed by atoms with van der Waals surface area (Å²) in [6.45, 7) is 5.03. The molecule has 0 bridgehead atoms. The Morgan fingerprint density at radius 3 is 2.88 bits per heavy atom. The summed E-state index contributed by atoms with van der Waals surface area (Å²) in [6, 6.07) is 10.2. The van der Waals surface area contributed by atoms with E-state index in [1.54, 1.807) is 0 Å². The zero-order chi connectivity index (χ0) is 11.5. The van der Waals surface area contributed by atoms with Crippen molar-refractivity contribution < 1.29 is 4.79 Å². The first-order chi connectivity index (χ1) is 7.72. The number of nitrogens with one attached hydrogen (secondary N) is 1. The van der Waals surface area contributed by atoms with Gasteiger partial charge in [0, 0.05) is 17.8 Å². The van der Waals surface area contributed by atoms with Gasteiger partial charge >= 0.3 is 0 Å². The van der Waals surface area contributed by atoms with Crippen molar-refractivity contribution in [1.29, 1.82) is 0 Å².